The maximum atomic E-state index is 12.3. The summed E-state index contributed by atoms with van der Waals surface area (Å²) in [4.78, 5) is 23.7. The molecule has 0 unspecified atom stereocenters. The van der Waals surface area contributed by atoms with Crippen LogP contribution >= 0.6 is 0 Å². The summed E-state index contributed by atoms with van der Waals surface area (Å²) in [6, 6.07) is 7.63. The highest BCUT2D eigenvalue weighted by Crippen LogP contribution is 2.32. The van der Waals surface area contributed by atoms with Crippen LogP contribution in [0.3, 0.4) is 0 Å². The van der Waals surface area contributed by atoms with Crippen LogP contribution in [0.4, 0.5) is 11.5 Å². The highest BCUT2D eigenvalue weighted by atomic mass is 16.1. The van der Waals surface area contributed by atoms with Crippen molar-refractivity contribution >= 4 is 33.4 Å². The van der Waals surface area contributed by atoms with Gasteiger partial charge in [-0.3, -0.25) is 19.4 Å². The van der Waals surface area contributed by atoms with Gasteiger partial charge in [-0.15, -0.1) is 0 Å². The van der Waals surface area contributed by atoms with E-state index in [1.807, 2.05) is 28.9 Å². The molecule has 1 aliphatic rings. The Morgan fingerprint density at radius 3 is 2.84 bits per heavy atom. The Morgan fingerprint density at radius 1 is 1.16 bits per heavy atom. The molecular weight excluding hydrogens is 316 g/mol. The standard InChI is InChI=1S/C18H16N6O/c25-18-16-15(5-6-21-18)24(10-11-1-2-11)23-17(16)22-12-3-4-13-14(9-12)20-8-7-19-13/h3-9,11H,1-2,10H2,(H,21,25)(H,22,23). The smallest absolute Gasteiger partial charge is 0.261 e. The maximum Gasteiger partial charge on any atom is 0.261 e. The highest BCUT2D eigenvalue weighted by molar-refractivity contribution is 5.91. The fraction of sp³-hybridized carbons (Fsp3) is 0.222. The van der Waals surface area contributed by atoms with Crippen LogP contribution in [0.15, 0.2) is 47.7 Å². The summed E-state index contributed by atoms with van der Waals surface area (Å²) in [5, 5.41) is 8.51. The summed E-state index contributed by atoms with van der Waals surface area (Å²) < 4.78 is 1.94. The Balaban J connectivity index is 1.60. The van der Waals surface area contributed by atoms with Gasteiger partial charge in [0.15, 0.2) is 5.82 Å². The van der Waals surface area contributed by atoms with Crippen molar-refractivity contribution in [2.24, 2.45) is 5.92 Å². The molecule has 1 saturated carbocycles. The predicted molar refractivity (Wildman–Crippen MR) is 95.9 cm³/mol. The normalized spacial score (nSPS) is 14.2. The largest absolute Gasteiger partial charge is 0.338 e. The van der Waals surface area contributed by atoms with Gasteiger partial charge in [-0.25, -0.2) is 0 Å². The van der Waals surface area contributed by atoms with Crippen molar-refractivity contribution in [2.45, 2.75) is 19.4 Å². The number of fused-ring (bicyclic) bond motifs is 2. The van der Waals surface area contributed by atoms with Gasteiger partial charge in [0.05, 0.1) is 16.6 Å². The van der Waals surface area contributed by atoms with Crippen LogP contribution in [0, 0.1) is 5.92 Å². The van der Waals surface area contributed by atoms with Gasteiger partial charge in [-0.05, 0) is 43.0 Å². The highest BCUT2D eigenvalue weighted by Gasteiger charge is 2.24. The van der Waals surface area contributed by atoms with E-state index in [2.05, 4.69) is 25.4 Å². The monoisotopic (exact) mass is 332 g/mol. The lowest BCUT2D eigenvalue weighted by atomic mass is 10.2. The van der Waals surface area contributed by atoms with E-state index in [0.29, 0.717) is 17.1 Å². The van der Waals surface area contributed by atoms with E-state index in [-0.39, 0.29) is 5.56 Å². The molecule has 0 saturated heterocycles. The van der Waals surface area contributed by atoms with Crippen molar-refractivity contribution in [3.63, 3.8) is 0 Å². The first-order chi connectivity index (χ1) is 12.3. The molecule has 1 aromatic carbocycles. The Hall–Kier alpha value is -3.22. The number of hydrogen-bond acceptors (Lipinski definition) is 5. The molecule has 7 heteroatoms. The van der Waals surface area contributed by atoms with E-state index in [9.17, 15) is 4.79 Å². The number of anilines is 2. The van der Waals surface area contributed by atoms with Gasteiger partial charge < -0.3 is 10.3 Å². The SMILES string of the molecule is O=c1[nH]ccc2c1c(Nc1ccc3nccnc3c1)nn2CC1CC1. The van der Waals surface area contributed by atoms with Crippen LogP contribution < -0.4 is 10.9 Å². The van der Waals surface area contributed by atoms with Gasteiger partial charge in [0.25, 0.3) is 5.56 Å². The lowest BCUT2D eigenvalue weighted by molar-refractivity contribution is 0.582. The molecule has 0 spiro atoms. The molecule has 2 N–H and O–H groups in total. The molecule has 0 bridgehead atoms. The van der Waals surface area contributed by atoms with Gasteiger partial charge in [0.2, 0.25) is 0 Å². The number of hydrogen-bond donors (Lipinski definition) is 2. The molecule has 0 aliphatic heterocycles. The average molecular weight is 332 g/mol. The van der Waals surface area contributed by atoms with Gasteiger partial charge >= 0.3 is 0 Å². The number of nitrogens with zero attached hydrogens (tertiary/aromatic N) is 4. The Kier molecular flexibility index (Phi) is 3.06. The van der Waals surface area contributed by atoms with Crippen molar-refractivity contribution in [1.29, 1.82) is 0 Å². The van der Waals surface area contributed by atoms with E-state index in [0.717, 1.165) is 28.8 Å². The summed E-state index contributed by atoms with van der Waals surface area (Å²) >= 11 is 0. The van der Waals surface area contributed by atoms with Crippen molar-refractivity contribution < 1.29 is 0 Å². The van der Waals surface area contributed by atoms with Crippen LogP contribution in [0.2, 0.25) is 0 Å². The third-order valence-corrected chi connectivity index (χ3v) is 4.53. The zero-order valence-corrected chi connectivity index (χ0v) is 13.4. The van der Waals surface area contributed by atoms with Crippen molar-refractivity contribution in [3.8, 4) is 0 Å². The van der Waals surface area contributed by atoms with Crippen molar-refractivity contribution in [2.75, 3.05) is 5.32 Å². The molecule has 1 fully saturated rings. The molecule has 3 heterocycles. The zero-order chi connectivity index (χ0) is 16.8. The first-order valence-electron chi connectivity index (χ1n) is 8.34. The van der Waals surface area contributed by atoms with Gasteiger partial charge in [-0.2, -0.15) is 5.10 Å². The minimum Gasteiger partial charge on any atom is -0.338 e. The number of nitrogens with one attached hydrogen (secondary N) is 2. The quantitative estimate of drug-likeness (QED) is 0.600. The van der Waals surface area contributed by atoms with Crippen LogP contribution in [-0.4, -0.2) is 24.7 Å². The van der Waals surface area contributed by atoms with Crippen LogP contribution in [0.5, 0.6) is 0 Å². The third kappa shape index (κ3) is 2.53. The summed E-state index contributed by atoms with van der Waals surface area (Å²) in [6.07, 6.45) is 7.47. The third-order valence-electron chi connectivity index (χ3n) is 4.53. The van der Waals surface area contributed by atoms with Gasteiger partial charge in [0, 0.05) is 30.8 Å². The molecule has 7 nitrogen and oxygen atoms in total. The number of benzene rings is 1. The van der Waals surface area contributed by atoms with Gasteiger partial charge in [0.1, 0.15) is 5.39 Å². The Bertz CT molecular complexity index is 1140. The predicted octanol–water partition coefficient (Wildman–Crippen LogP) is 2.82. The average Bonchev–Trinajstić information content (AvgIpc) is 3.37. The fourth-order valence-corrected chi connectivity index (χ4v) is 3.09. The number of aromatic nitrogens is 5. The number of aromatic amines is 1. The summed E-state index contributed by atoms with van der Waals surface area (Å²) in [6.45, 7) is 0.852. The summed E-state index contributed by atoms with van der Waals surface area (Å²) in [5.41, 5.74) is 3.17. The second-order valence-electron chi connectivity index (χ2n) is 6.43. The Labute approximate surface area is 142 Å². The molecule has 5 rings (SSSR count). The minimum absolute atomic E-state index is 0.136. The van der Waals surface area contributed by atoms with Crippen LogP contribution in [0.1, 0.15) is 12.8 Å². The number of H-pyrrole nitrogens is 1. The van der Waals surface area contributed by atoms with Crippen LogP contribution in [-0.2, 0) is 6.54 Å². The molecule has 1 aliphatic carbocycles. The molecule has 0 amide bonds. The van der Waals surface area contributed by atoms with E-state index in [1.165, 1.54) is 12.8 Å². The van der Waals surface area contributed by atoms with Crippen molar-refractivity contribution in [3.05, 3.63) is 53.2 Å². The fourth-order valence-electron chi connectivity index (χ4n) is 3.09. The van der Waals surface area contributed by atoms with E-state index in [4.69, 9.17) is 0 Å². The summed E-state index contributed by atoms with van der Waals surface area (Å²) in [5.74, 6) is 1.24. The molecule has 0 atom stereocenters. The van der Waals surface area contributed by atoms with E-state index >= 15 is 0 Å². The van der Waals surface area contributed by atoms with Gasteiger partial charge in [-0.1, -0.05) is 0 Å². The molecule has 124 valence electrons. The molecule has 0 radical (unpaired) electrons. The zero-order valence-electron chi connectivity index (χ0n) is 13.4. The second-order valence-corrected chi connectivity index (χ2v) is 6.43. The van der Waals surface area contributed by atoms with Crippen molar-refractivity contribution in [1.82, 2.24) is 24.7 Å². The topological polar surface area (TPSA) is 88.5 Å². The number of pyridine rings is 1. The molecular formula is C18H16N6O. The number of rotatable bonds is 4. The maximum absolute atomic E-state index is 12.3. The first-order valence-corrected chi connectivity index (χ1v) is 8.34. The lowest BCUT2D eigenvalue weighted by Gasteiger charge is -2.04. The van der Waals surface area contributed by atoms with Crippen LogP contribution in [0.25, 0.3) is 21.9 Å². The lowest BCUT2D eigenvalue weighted by Crippen LogP contribution is -2.06. The molecule has 25 heavy (non-hydrogen) atoms. The first kappa shape index (κ1) is 14.2. The van der Waals surface area contributed by atoms with E-state index < -0.39 is 0 Å². The molecule has 4 aromatic rings. The molecule has 3 aromatic heterocycles. The minimum atomic E-state index is -0.136. The Morgan fingerprint density at radius 2 is 2.00 bits per heavy atom. The van der Waals surface area contributed by atoms with E-state index in [1.54, 1.807) is 18.6 Å². The summed E-state index contributed by atoms with van der Waals surface area (Å²) in [7, 11) is 0. The second kappa shape index (κ2) is 5.41.